The lowest BCUT2D eigenvalue weighted by Crippen LogP contribution is -2.17. The molecule has 0 spiro atoms. The van der Waals surface area contributed by atoms with Crippen molar-refractivity contribution in [2.24, 2.45) is 5.92 Å². The molecule has 3 aromatic carbocycles. The van der Waals surface area contributed by atoms with Gasteiger partial charge in [-0.25, -0.2) is 14.4 Å². The smallest absolute Gasteiger partial charge is 0.427 e. The Morgan fingerprint density at radius 3 is 1.49 bits per heavy atom. The van der Waals surface area contributed by atoms with E-state index in [-0.39, 0.29) is 23.0 Å². The molecule has 1 atom stereocenters. The van der Waals surface area contributed by atoms with Crippen molar-refractivity contribution in [3.05, 3.63) is 95.6 Å². The van der Waals surface area contributed by atoms with Gasteiger partial charge in [0.2, 0.25) is 13.6 Å². The van der Waals surface area contributed by atoms with Gasteiger partial charge in [-0.3, -0.25) is 4.79 Å². The van der Waals surface area contributed by atoms with Crippen molar-refractivity contribution in [3.8, 4) is 33.8 Å². The van der Waals surface area contributed by atoms with Gasteiger partial charge in [0.15, 0.2) is 0 Å². The summed E-state index contributed by atoms with van der Waals surface area (Å²) >= 11 is 0. The molecule has 0 amide bonds. The van der Waals surface area contributed by atoms with Gasteiger partial charge in [-0.2, -0.15) is 0 Å². The third kappa shape index (κ3) is 8.32. The molecule has 0 aromatic heterocycles. The van der Waals surface area contributed by atoms with Gasteiger partial charge in [0.1, 0.15) is 11.5 Å². The molecule has 10 nitrogen and oxygen atoms in total. The average molecular weight is 587 g/mol. The maximum absolute atomic E-state index is 11.9. The zero-order valence-corrected chi connectivity index (χ0v) is 24.1. The fourth-order valence-corrected chi connectivity index (χ4v) is 4.04. The lowest BCUT2D eigenvalue weighted by Gasteiger charge is -2.14. The normalized spacial score (nSPS) is 13.2. The van der Waals surface area contributed by atoms with Crippen LogP contribution >= 0.6 is 0 Å². The van der Waals surface area contributed by atoms with Gasteiger partial charge in [-0.15, -0.1) is 0 Å². The lowest BCUT2D eigenvalue weighted by molar-refractivity contribution is -0.153. The molecule has 4 rings (SSSR count). The Balaban J connectivity index is 1.32. The van der Waals surface area contributed by atoms with Crippen LogP contribution in [0, 0.1) is 19.8 Å². The van der Waals surface area contributed by atoms with Crippen LogP contribution in [0.3, 0.4) is 0 Å². The van der Waals surface area contributed by atoms with Crippen molar-refractivity contribution in [1.29, 1.82) is 0 Å². The first-order chi connectivity index (χ1) is 20.5. The standard InChI is InChI=1S/C33H30O10/c1-19(2)30(34)38-17-40-32(36)42-25-10-6-23(7-11-25)27-14-21(4)28(15-20(27)3)24-8-12-26(13-9-24)43-33(37)41-18-39-31(35)29-16-22(29)5/h6-16,29H,1,17-18H2,2-5H3/t29-/m1/s1. The summed E-state index contributed by atoms with van der Waals surface area (Å²) in [6.45, 7) is 9.63. The minimum absolute atomic E-state index is 0.188. The van der Waals surface area contributed by atoms with Gasteiger partial charge < -0.3 is 28.4 Å². The minimum atomic E-state index is -1.01. The van der Waals surface area contributed by atoms with Crippen LogP contribution in [0.1, 0.15) is 25.0 Å². The number of carbonyl (C=O) groups excluding carboxylic acids is 4. The van der Waals surface area contributed by atoms with Crippen molar-refractivity contribution < 1.29 is 47.6 Å². The molecule has 1 aliphatic carbocycles. The van der Waals surface area contributed by atoms with Crippen LogP contribution < -0.4 is 9.47 Å². The number of carbonyl (C=O) groups is 4. The predicted molar refractivity (Wildman–Crippen MR) is 155 cm³/mol. The van der Waals surface area contributed by atoms with Gasteiger partial charge in [0.05, 0.1) is 5.92 Å². The van der Waals surface area contributed by atoms with E-state index in [1.807, 2.05) is 45.0 Å². The molecule has 0 aliphatic heterocycles. The summed E-state index contributed by atoms with van der Waals surface area (Å²) in [5, 5.41) is 0. The summed E-state index contributed by atoms with van der Waals surface area (Å²) in [6, 6.07) is 18.0. The van der Waals surface area contributed by atoms with Crippen LogP contribution in [0.2, 0.25) is 0 Å². The molecule has 0 saturated heterocycles. The van der Waals surface area contributed by atoms with Gasteiger partial charge in [-0.05, 0) is 85.3 Å². The molecule has 43 heavy (non-hydrogen) atoms. The van der Waals surface area contributed by atoms with Crippen LogP contribution in [-0.4, -0.2) is 37.8 Å². The van der Waals surface area contributed by atoms with E-state index in [1.54, 1.807) is 30.3 Å². The van der Waals surface area contributed by atoms with Gasteiger partial charge in [0.25, 0.3) is 0 Å². The molecule has 0 unspecified atom stereocenters. The molecule has 10 heteroatoms. The number of esters is 2. The van der Waals surface area contributed by atoms with Crippen molar-refractivity contribution in [1.82, 2.24) is 0 Å². The molecule has 0 fully saturated rings. The van der Waals surface area contributed by atoms with Crippen molar-refractivity contribution >= 4 is 24.2 Å². The monoisotopic (exact) mass is 586 g/mol. The topological polar surface area (TPSA) is 124 Å². The molecular weight excluding hydrogens is 556 g/mol. The molecule has 0 saturated carbocycles. The van der Waals surface area contributed by atoms with Crippen LogP contribution in [0.4, 0.5) is 9.59 Å². The number of hydrogen-bond donors (Lipinski definition) is 0. The third-order valence-electron chi connectivity index (χ3n) is 6.46. The number of aryl methyl sites for hydroxylation is 2. The van der Waals surface area contributed by atoms with E-state index in [2.05, 4.69) is 18.7 Å². The van der Waals surface area contributed by atoms with Crippen LogP contribution in [0.15, 0.2) is 84.5 Å². The SMILES string of the molecule is C=C(C)C(=O)OCOC(=O)Oc1ccc(-c2cc(C)c(-c3ccc(OC(=O)OCOC(=O)[C@@H]4C=C4C)cc3)cc2C)cc1. The van der Waals surface area contributed by atoms with Crippen molar-refractivity contribution in [2.75, 3.05) is 13.6 Å². The first-order valence-corrected chi connectivity index (χ1v) is 13.2. The third-order valence-corrected chi connectivity index (χ3v) is 6.46. The Kier molecular flexibility index (Phi) is 9.61. The van der Waals surface area contributed by atoms with E-state index < -0.39 is 37.8 Å². The highest BCUT2D eigenvalue weighted by atomic mass is 16.8. The van der Waals surface area contributed by atoms with E-state index in [1.165, 1.54) is 6.92 Å². The number of hydrogen-bond acceptors (Lipinski definition) is 10. The first kappa shape index (κ1) is 30.6. The summed E-state index contributed by atoms with van der Waals surface area (Å²) in [7, 11) is 0. The molecule has 3 aromatic rings. The molecule has 0 radical (unpaired) electrons. The van der Waals surface area contributed by atoms with E-state index in [4.69, 9.17) is 28.4 Å². The second kappa shape index (κ2) is 13.5. The molecule has 222 valence electrons. The molecule has 0 heterocycles. The maximum Gasteiger partial charge on any atom is 0.516 e. The largest absolute Gasteiger partial charge is 0.516 e. The summed E-state index contributed by atoms with van der Waals surface area (Å²) < 4.78 is 29.4. The van der Waals surface area contributed by atoms with Crippen molar-refractivity contribution in [2.45, 2.75) is 27.7 Å². The molecule has 0 N–H and O–H groups in total. The van der Waals surface area contributed by atoms with Gasteiger partial charge in [0, 0.05) is 5.57 Å². The Morgan fingerprint density at radius 1 is 0.674 bits per heavy atom. The van der Waals surface area contributed by atoms with E-state index in [0.717, 1.165) is 39.0 Å². The van der Waals surface area contributed by atoms with E-state index in [0.29, 0.717) is 0 Å². The van der Waals surface area contributed by atoms with E-state index >= 15 is 0 Å². The Labute approximate surface area is 248 Å². The summed E-state index contributed by atoms with van der Waals surface area (Å²) in [4.78, 5) is 46.8. The number of benzene rings is 3. The van der Waals surface area contributed by atoms with Crippen LogP contribution in [0.5, 0.6) is 11.5 Å². The van der Waals surface area contributed by atoms with Gasteiger partial charge in [-0.1, -0.05) is 54.6 Å². The van der Waals surface area contributed by atoms with Crippen molar-refractivity contribution in [3.63, 3.8) is 0 Å². The average Bonchev–Trinajstić information content (AvgIpc) is 3.71. The van der Waals surface area contributed by atoms with Crippen LogP contribution in [-0.2, 0) is 28.5 Å². The Morgan fingerprint density at radius 2 is 1.09 bits per heavy atom. The quantitative estimate of drug-likeness (QED) is 0.0821. The lowest BCUT2D eigenvalue weighted by atomic mass is 9.92. The highest BCUT2D eigenvalue weighted by Gasteiger charge is 2.30. The first-order valence-electron chi connectivity index (χ1n) is 13.2. The fourth-order valence-electron chi connectivity index (χ4n) is 4.04. The zero-order chi connectivity index (χ0) is 31.1. The minimum Gasteiger partial charge on any atom is -0.427 e. The number of ether oxygens (including phenoxy) is 6. The number of rotatable bonds is 10. The van der Waals surface area contributed by atoms with Crippen LogP contribution in [0.25, 0.3) is 22.3 Å². The fraction of sp³-hybridized carbons (Fsp3) is 0.212. The molecule has 0 bridgehead atoms. The summed E-state index contributed by atoms with van der Waals surface area (Å²) in [6.07, 6.45) is -0.227. The summed E-state index contributed by atoms with van der Waals surface area (Å²) in [5.74, 6) is -0.902. The predicted octanol–water partition coefficient (Wildman–Crippen LogP) is 6.82. The summed E-state index contributed by atoms with van der Waals surface area (Å²) in [5.41, 5.74) is 6.99. The highest BCUT2D eigenvalue weighted by Crippen LogP contribution is 2.33. The Hall–Kier alpha value is -5.38. The second-order valence-corrected chi connectivity index (χ2v) is 9.82. The maximum atomic E-state index is 11.9. The Bertz CT molecular complexity index is 1580. The second-order valence-electron chi connectivity index (χ2n) is 9.82. The zero-order valence-electron chi connectivity index (χ0n) is 24.1. The highest BCUT2D eigenvalue weighted by molar-refractivity contribution is 5.87. The molecule has 1 aliphatic rings. The van der Waals surface area contributed by atoms with Gasteiger partial charge >= 0.3 is 24.2 Å². The van der Waals surface area contributed by atoms with E-state index in [9.17, 15) is 19.2 Å². The molecular formula is C33H30O10.